The van der Waals surface area contributed by atoms with E-state index in [4.69, 9.17) is 11.6 Å². The monoisotopic (exact) mass is 260 g/mol. The highest BCUT2D eigenvalue weighted by atomic mass is 35.5. The molecule has 0 atom stereocenters. The van der Waals surface area contributed by atoms with Gasteiger partial charge in [0.25, 0.3) is 5.91 Å². The van der Waals surface area contributed by atoms with E-state index in [1.165, 1.54) is 0 Å². The summed E-state index contributed by atoms with van der Waals surface area (Å²) in [5.74, 6) is 0.297. The van der Waals surface area contributed by atoms with Gasteiger partial charge in [-0.3, -0.25) is 9.78 Å². The second-order valence-corrected chi connectivity index (χ2v) is 4.24. The van der Waals surface area contributed by atoms with Crippen LogP contribution in [0.1, 0.15) is 21.6 Å². The first-order chi connectivity index (χ1) is 8.69. The fraction of sp³-hybridized carbons (Fsp3) is 0.143. The van der Waals surface area contributed by atoms with Crippen molar-refractivity contribution in [1.29, 1.82) is 0 Å². The van der Waals surface area contributed by atoms with Gasteiger partial charge >= 0.3 is 0 Å². The zero-order chi connectivity index (χ0) is 13.0. The first-order valence-corrected chi connectivity index (χ1v) is 6.11. The lowest BCUT2D eigenvalue weighted by Crippen LogP contribution is -2.12. The molecule has 92 valence electrons. The number of hydrogen-bond donors (Lipinski definition) is 1. The standard InChI is InChI=1S/C14H13ClN2O/c1-10-2-7-13(9-16-10)17-14(18)12-5-3-11(8-15)4-6-12/h2-7,9H,8H2,1H3,(H,17,18). The molecule has 2 rings (SSSR count). The Kier molecular flexibility index (Phi) is 3.95. The molecule has 0 saturated heterocycles. The van der Waals surface area contributed by atoms with Gasteiger partial charge in [0, 0.05) is 17.1 Å². The Balaban J connectivity index is 2.09. The summed E-state index contributed by atoms with van der Waals surface area (Å²) in [5.41, 5.74) is 3.20. The van der Waals surface area contributed by atoms with Gasteiger partial charge in [-0.1, -0.05) is 12.1 Å². The molecular formula is C14H13ClN2O. The van der Waals surface area contributed by atoms with Gasteiger partial charge in [0.05, 0.1) is 11.9 Å². The van der Waals surface area contributed by atoms with Crippen molar-refractivity contribution in [3.8, 4) is 0 Å². The molecule has 0 radical (unpaired) electrons. The minimum atomic E-state index is -0.151. The van der Waals surface area contributed by atoms with E-state index in [0.29, 0.717) is 17.1 Å². The number of nitrogens with one attached hydrogen (secondary N) is 1. The smallest absolute Gasteiger partial charge is 0.255 e. The van der Waals surface area contributed by atoms with Crippen molar-refractivity contribution in [2.75, 3.05) is 5.32 Å². The lowest BCUT2D eigenvalue weighted by atomic mass is 10.1. The number of hydrogen-bond acceptors (Lipinski definition) is 2. The van der Waals surface area contributed by atoms with Gasteiger partial charge < -0.3 is 5.32 Å². The highest BCUT2D eigenvalue weighted by Gasteiger charge is 2.05. The fourth-order valence-corrected chi connectivity index (χ4v) is 1.67. The summed E-state index contributed by atoms with van der Waals surface area (Å²) in [4.78, 5) is 16.0. The van der Waals surface area contributed by atoms with Crippen molar-refractivity contribution < 1.29 is 4.79 Å². The summed E-state index contributed by atoms with van der Waals surface area (Å²) in [6.45, 7) is 1.90. The van der Waals surface area contributed by atoms with Crippen LogP contribution in [0.25, 0.3) is 0 Å². The predicted molar refractivity (Wildman–Crippen MR) is 72.9 cm³/mol. The molecule has 1 aromatic heterocycles. The van der Waals surface area contributed by atoms with Crippen molar-refractivity contribution in [2.45, 2.75) is 12.8 Å². The SMILES string of the molecule is Cc1ccc(NC(=O)c2ccc(CCl)cc2)cn1. The molecule has 0 spiro atoms. The number of carbonyl (C=O) groups is 1. The fourth-order valence-electron chi connectivity index (χ4n) is 1.49. The van der Waals surface area contributed by atoms with Crippen LogP contribution in [-0.4, -0.2) is 10.9 Å². The normalized spacial score (nSPS) is 10.1. The van der Waals surface area contributed by atoms with E-state index < -0.39 is 0 Å². The van der Waals surface area contributed by atoms with Crippen molar-refractivity contribution in [2.24, 2.45) is 0 Å². The van der Waals surface area contributed by atoms with Crippen LogP contribution in [0.15, 0.2) is 42.6 Å². The molecule has 0 bridgehead atoms. The summed E-state index contributed by atoms with van der Waals surface area (Å²) in [5, 5.41) is 2.79. The third-order valence-electron chi connectivity index (χ3n) is 2.54. The molecule has 18 heavy (non-hydrogen) atoms. The predicted octanol–water partition coefficient (Wildman–Crippen LogP) is 3.38. The van der Waals surface area contributed by atoms with Crippen LogP contribution in [0.4, 0.5) is 5.69 Å². The van der Waals surface area contributed by atoms with Gasteiger partial charge in [-0.2, -0.15) is 0 Å². The molecule has 0 aliphatic carbocycles. The number of nitrogens with zero attached hydrogens (tertiary/aromatic N) is 1. The van der Waals surface area contributed by atoms with E-state index in [1.54, 1.807) is 18.3 Å². The highest BCUT2D eigenvalue weighted by molar-refractivity contribution is 6.17. The van der Waals surface area contributed by atoms with E-state index in [9.17, 15) is 4.79 Å². The summed E-state index contributed by atoms with van der Waals surface area (Å²) >= 11 is 5.69. The number of benzene rings is 1. The first kappa shape index (κ1) is 12.6. The molecule has 0 aliphatic rings. The van der Waals surface area contributed by atoms with Crippen LogP contribution in [0.5, 0.6) is 0 Å². The van der Waals surface area contributed by atoms with Gasteiger partial charge in [0.1, 0.15) is 0 Å². The number of amides is 1. The molecule has 1 amide bonds. The topological polar surface area (TPSA) is 42.0 Å². The summed E-state index contributed by atoms with van der Waals surface area (Å²) in [7, 11) is 0. The molecule has 0 unspecified atom stereocenters. The molecule has 3 nitrogen and oxygen atoms in total. The van der Waals surface area contributed by atoms with Gasteiger partial charge in [0.15, 0.2) is 0 Å². The molecule has 0 saturated carbocycles. The Morgan fingerprint density at radius 2 is 1.94 bits per heavy atom. The lowest BCUT2D eigenvalue weighted by Gasteiger charge is -2.05. The second-order valence-electron chi connectivity index (χ2n) is 3.97. The van der Waals surface area contributed by atoms with Crippen molar-refractivity contribution in [3.63, 3.8) is 0 Å². The van der Waals surface area contributed by atoms with Crippen LogP contribution in [0.3, 0.4) is 0 Å². The van der Waals surface area contributed by atoms with E-state index >= 15 is 0 Å². The third-order valence-corrected chi connectivity index (χ3v) is 2.85. The maximum absolute atomic E-state index is 11.9. The zero-order valence-corrected chi connectivity index (χ0v) is 10.7. The largest absolute Gasteiger partial charge is 0.321 e. The Morgan fingerprint density at radius 3 is 2.50 bits per heavy atom. The maximum atomic E-state index is 11.9. The van der Waals surface area contributed by atoms with E-state index in [1.807, 2.05) is 31.2 Å². The second kappa shape index (κ2) is 5.65. The Labute approximate surface area is 111 Å². The number of anilines is 1. The highest BCUT2D eigenvalue weighted by Crippen LogP contribution is 2.10. The molecule has 1 N–H and O–H groups in total. The van der Waals surface area contributed by atoms with E-state index in [2.05, 4.69) is 10.3 Å². The van der Waals surface area contributed by atoms with Crippen LogP contribution >= 0.6 is 11.6 Å². The summed E-state index contributed by atoms with van der Waals surface area (Å²) in [6.07, 6.45) is 1.64. The number of aryl methyl sites for hydroxylation is 1. The van der Waals surface area contributed by atoms with Gasteiger partial charge in [-0.25, -0.2) is 0 Å². The van der Waals surface area contributed by atoms with Crippen LogP contribution in [0.2, 0.25) is 0 Å². The van der Waals surface area contributed by atoms with Gasteiger partial charge in [-0.15, -0.1) is 11.6 Å². The molecule has 0 fully saturated rings. The average Bonchev–Trinajstić information content (AvgIpc) is 2.41. The number of pyridine rings is 1. The molecule has 0 aliphatic heterocycles. The van der Waals surface area contributed by atoms with Crippen molar-refractivity contribution >= 4 is 23.2 Å². The van der Waals surface area contributed by atoms with Crippen LogP contribution in [-0.2, 0) is 5.88 Å². The van der Waals surface area contributed by atoms with Crippen LogP contribution < -0.4 is 5.32 Å². The lowest BCUT2D eigenvalue weighted by molar-refractivity contribution is 0.102. The van der Waals surface area contributed by atoms with Crippen molar-refractivity contribution in [1.82, 2.24) is 4.98 Å². The van der Waals surface area contributed by atoms with E-state index in [0.717, 1.165) is 11.3 Å². The molecule has 2 aromatic rings. The first-order valence-electron chi connectivity index (χ1n) is 5.58. The Hall–Kier alpha value is -1.87. The number of halogens is 1. The zero-order valence-electron chi connectivity index (χ0n) is 9.98. The quantitative estimate of drug-likeness (QED) is 0.860. The molecule has 1 heterocycles. The molecule has 4 heteroatoms. The average molecular weight is 261 g/mol. The minimum Gasteiger partial charge on any atom is -0.321 e. The number of aromatic nitrogens is 1. The molecule has 1 aromatic carbocycles. The van der Waals surface area contributed by atoms with Gasteiger partial charge in [0.2, 0.25) is 0 Å². The third kappa shape index (κ3) is 3.08. The Bertz CT molecular complexity index is 535. The van der Waals surface area contributed by atoms with E-state index in [-0.39, 0.29) is 5.91 Å². The number of carbonyl (C=O) groups excluding carboxylic acids is 1. The number of rotatable bonds is 3. The summed E-state index contributed by atoms with van der Waals surface area (Å²) < 4.78 is 0. The van der Waals surface area contributed by atoms with Gasteiger partial charge in [-0.05, 0) is 36.8 Å². The van der Waals surface area contributed by atoms with Crippen molar-refractivity contribution in [3.05, 3.63) is 59.4 Å². The maximum Gasteiger partial charge on any atom is 0.255 e. The minimum absolute atomic E-state index is 0.151. The summed E-state index contributed by atoms with van der Waals surface area (Å²) in [6, 6.07) is 10.9. The Morgan fingerprint density at radius 1 is 1.22 bits per heavy atom. The number of alkyl halides is 1. The molecular weight excluding hydrogens is 248 g/mol. The van der Waals surface area contributed by atoms with Crippen LogP contribution in [0, 0.1) is 6.92 Å².